The fraction of sp³-hybridized carbons (Fsp3) is 0.500. The largest absolute Gasteiger partial charge is 0.497 e. The lowest BCUT2D eigenvalue weighted by atomic mass is 10.2. The molecule has 0 aliphatic carbocycles. The van der Waals surface area contributed by atoms with Crippen molar-refractivity contribution in [2.75, 3.05) is 20.8 Å². The number of nitrogens with zero attached hydrogens (tertiary/aromatic N) is 1. The maximum Gasteiger partial charge on any atom is 0.260 e. The Morgan fingerprint density at radius 3 is 2.63 bits per heavy atom. The van der Waals surface area contributed by atoms with E-state index in [-0.39, 0.29) is 18.6 Å². The molecule has 0 aliphatic heterocycles. The van der Waals surface area contributed by atoms with Gasteiger partial charge < -0.3 is 20.1 Å². The fourth-order valence-corrected chi connectivity index (χ4v) is 1.49. The predicted molar refractivity (Wildman–Crippen MR) is 74.3 cm³/mol. The van der Waals surface area contributed by atoms with Crippen molar-refractivity contribution in [2.24, 2.45) is 5.73 Å². The molecule has 0 spiro atoms. The summed E-state index contributed by atoms with van der Waals surface area (Å²) in [4.78, 5) is 13.5. The molecular formula is C14H22N2O3. The van der Waals surface area contributed by atoms with Crippen molar-refractivity contribution < 1.29 is 14.3 Å². The summed E-state index contributed by atoms with van der Waals surface area (Å²) in [6, 6.07) is 5.54. The summed E-state index contributed by atoms with van der Waals surface area (Å²) in [5, 5.41) is 0. The maximum absolute atomic E-state index is 11.9. The van der Waals surface area contributed by atoms with E-state index in [1.807, 2.05) is 26.0 Å². The molecule has 0 saturated heterocycles. The van der Waals surface area contributed by atoms with Gasteiger partial charge in [-0.15, -0.1) is 0 Å². The standard InChI is InChI=1S/C14H22N2O3/c1-10(2)16(3)14(17)9-19-13-7-12(18-4)6-5-11(13)8-15/h5-7,10H,8-9,15H2,1-4H3. The van der Waals surface area contributed by atoms with Gasteiger partial charge in [0, 0.05) is 31.3 Å². The molecule has 1 aromatic rings. The summed E-state index contributed by atoms with van der Waals surface area (Å²) < 4.78 is 10.7. The van der Waals surface area contributed by atoms with Gasteiger partial charge in [0.05, 0.1) is 7.11 Å². The molecule has 0 atom stereocenters. The van der Waals surface area contributed by atoms with Crippen LogP contribution in [-0.4, -0.2) is 37.6 Å². The van der Waals surface area contributed by atoms with Crippen LogP contribution in [0.2, 0.25) is 0 Å². The van der Waals surface area contributed by atoms with Crippen molar-refractivity contribution in [3.8, 4) is 11.5 Å². The number of nitrogens with two attached hydrogens (primary N) is 1. The molecule has 1 rings (SSSR count). The second-order valence-electron chi connectivity index (χ2n) is 4.56. The van der Waals surface area contributed by atoms with Gasteiger partial charge in [-0.2, -0.15) is 0 Å². The molecule has 0 aromatic heterocycles. The lowest BCUT2D eigenvalue weighted by Gasteiger charge is -2.21. The second-order valence-corrected chi connectivity index (χ2v) is 4.56. The smallest absolute Gasteiger partial charge is 0.260 e. The van der Waals surface area contributed by atoms with Gasteiger partial charge in [-0.05, 0) is 19.9 Å². The second kappa shape index (κ2) is 6.99. The Bertz CT molecular complexity index is 433. The Morgan fingerprint density at radius 2 is 2.11 bits per heavy atom. The van der Waals surface area contributed by atoms with E-state index in [9.17, 15) is 4.79 Å². The van der Waals surface area contributed by atoms with Crippen LogP contribution in [0.25, 0.3) is 0 Å². The Morgan fingerprint density at radius 1 is 1.42 bits per heavy atom. The third-order valence-electron chi connectivity index (χ3n) is 3.01. The van der Waals surface area contributed by atoms with Gasteiger partial charge in [0.15, 0.2) is 6.61 Å². The van der Waals surface area contributed by atoms with Crippen LogP contribution in [0.1, 0.15) is 19.4 Å². The molecule has 0 heterocycles. The molecule has 5 heteroatoms. The average Bonchev–Trinajstić information content (AvgIpc) is 2.43. The summed E-state index contributed by atoms with van der Waals surface area (Å²) in [6.07, 6.45) is 0. The van der Waals surface area contributed by atoms with Crippen LogP contribution in [0.3, 0.4) is 0 Å². The van der Waals surface area contributed by atoms with Gasteiger partial charge in [-0.1, -0.05) is 6.07 Å². The van der Waals surface area contributed by atoms with Gasteiger partial charge >= 0.3 is 0 Å². The first-order valence-electron chi connectivity index (χ1n) is 6.25. The minimum Gasteiger partial charge on any atom is -0.497 e. The third-order valence-corrected chi connectivity index (χ3v) is 3.01. The minimum absolute atomic E-state index is 0.00511. The minimum atomic E-state index is -0.0687. The van der Waals surface area contributed by atoms with Crippen LogP contribution in [0, 0.1) is 0 Å². The first-order valence-corrected chi connectivity index (χ1v) is 6.25. The summed E-state index contributed by atoms with van der Waals surface area (Å²) in [6.45, 7) is 4.26. The summed E-state index contributed by atoms with van der Waals surface area (Å²) in [7, 11) is 3.34. The number of amides is 1. The van der Waals surface area contributed by atoms with Crippen LogP contribution in [0.15, 0.2) is 18.2 Å². The first kappa shape index (κ1) is 15.3. The maximum atomic E-state index is 11.9. The number of carbonyl (C=O) groups excluding carboxylic acids is 1. The van der Waals surface area contributed by atoms with Gasteiger partial charge in [0.2, 0.25) is 0 Å². The third kappa shape index (κ3) is 4.13. The Hall–Kier alpha value is -1.75. The summed E-state index contributed by atoms with van der Waals surface area (Å²) in [5.74, 6) is 1.20. The quantitative estimate of drug-likeness (QED) is 0.845. The zero-order valence-electron chi connectivity index (χ0n) is 12.0. The molecule has 2 N–H and O–H groups in total. The molecule has 5 nitrogen and oxygen atoms in total. The van der Waals surface area contributed by atoms with Crippen LogP contribution < -0.4 is 15.2 Å². The SMILES string of the molecule is COc1ccc(CN)c(OCC(=O)N(C)C(C)C)c1. The van der Waals surface area contributed by atoms with Crippen LogP contribution >= 0.6 is 0 Å². The van der Waals surface area contributed by atoms with Gasteiger partial charge in [0.1, 0.15) is 11.5 Å². The van der Waals surface area contributed by atoms with Crippen molar-refractivity contribution in [3.63, 3.8) is 0 Å². The molecule has 0 aliphatic rings. The number of carbonyl (C=O) groups is 1. The normalized spacial score (nSPS) is 10.4. The van der Waals surface area contributed by atoms with E-state index in [1.165, 1.54) is 0 Å². The van der Waals surface area contributed by atoms with Crippen LogP contribution in [0.5, 0.6) is 11.5 Å². The number of hydrogen-bond acceptors (Lipinski definition) is 4. The molecule has 0 unspecified atom stereocenters. The highest BCUT2D eigenvalue weighted by atomic mass is 16.5. The van der Waals surface area contributed by atoms with E-state index < -0.39 is 0 Å². The number of ether oxygens (including phenoxy) is 2. The molecule has 0 radical (unpaired) electrons. The fourth-order valence-electron chi connectivity index (χ4n) is 1.49. The molecule has 0 fully saturated rings. The Kier molecular flexibility index (Phi) is 5.63. The van der Waals surface area contributed by atoms with Crippen molar-refractivity contribution in [2.45, 2.75) is 26.4 Å². The molecular weight excluding hydrogens is 244 g/mol. The molecule has 1 aromatic carbocycles. The highest BCUT2D eigenvalue weighted by Gasteiger charge is 2.13. The van der Waals surface area contributed by atoms with Gasteiger partial charge in [0.25, 0.3) is 5.91 Å². The summed E-state index contributed by atoms with van der Waals surface area (Å²) >= 11 is 0. The molecule has 0 bridgehead atoms. The molecule has 1 amide bonds. The highest BCUT2D eigenvalue weighted by molar-refractivity contribution is 5.77. The van der Waals surface area contributed by atoms with Crippen molar-refractivity contribution in [1.82, 2.24) is 4.90 Å². The lowest BCUT2D eigenvalue weighted by molar-refractivity contribution is -0.133. The first-order chi connectivity index (χ1) is 8.99. The number of methoxy groups -OCH3 is 1. The topological polar surface area (TPSA) is 64.8 Å². The van der Waals surface area contributed by atoms with E-state index in [0.717, 1.165) is 5.56 Å². The molecule has 19 heavy (non-hydrogen) atoms. The predicted octanol–water partition coefficient (Wildman–Crippen LogP) is 1.40. The van der Waals surface area contributed by atoms with Gasteiger partial charge in [-0.25, -0.2) is 0 Å². The number of likely N-dealkylation sites (N-methyl/N-ethyl adjacent to an activating group) is 1. The van der Waals surface area contributed by atoms with Crippen LogP contribution in [0.4, 0.5) is 0 Å². The van der Waals surface area contributed by atoms with Crippen molar-refractivity contribution in [3.05, 3.63) is 23.8 Å². The lowest BCUT2D eigenvalue weighted by Crippen LogP contribution is -2.36. The zero-order valence-corrected chi connectivity index (χ0v) is 12.0. The van der Waals surface area contributed by atoms with E-state index in [1.54, 1.807) is 25.1 Å². The van der Waals surface area contributed by atoms with Crippen molar-refractivity contribution in [1.29, 1.82) is 0 Å². The zero-order chi connectivity index (χ0) is 14.4. The van der Waals surface area contributed by atoms with E-state index in [2.05, 4.69) is 0 Å². The number of hydrogen-bond donors (Lipinski definition) is 1. The molecule has 0 saturated carbocycles. The number of benzene rings is 1. The number of rotatable bonds is 6. The molecule has 106 valence electrons. The monoisotopic (exact) mass is 266 g/mol. The highest BCUT2D eigenvalue weighted by Crippen LogP contribution is 2.24. The van der Waals surface area contributed by atoms with Crippen molar-refractivity contribution >= 4 is 5.91 Å². The van der Waals surface area contributed by atoms with E-state index >= 15 is 0 Å². The summed E-state index contributed by atoms with van der Waals surface area (Å²) in [5.41, 5.74) is 6.49. The average molecular weight is 266 g/mol. The Balaban J connectivity index is 2.73. The van der Waals surface area contributed by atoms with Gasteiger partial charge in [-0.3, -0.25) is 4.79 Å². The van der Waals surface area contributed by atoms with E-state index in [4.69, 9.17) is 15.2 Å². The van der Waals surface area contributed by atoms with E-state index in [0.29, 0.717) is 18.0 Å². The Labute approximate surface area is 114 Å². The van der Waals surface area contributed by atoms with Crippen LogP contribution in [-0.2, 0) is 11.3 Å².